The maximum absolute atomic E-state index is 12.7. The van der Waals surface area contributed by atoms with Gasteiger partial charge in [-0.25, -0.2) is 0 Å². The summed E-state index contributed by atoms with van der Waals surface area (Å²) >= 11 is 0. The average molecular weight is 339 g/mol. The number of carbonyl (C=O) groups excluding carboxylic acids is 1. The van der Waals surface area contributed by atoms with Gasteiger partial charge in [0.2, 0.25) is 0 Å². The summed E-state index contributed by atoms with van der Waals surface area (Å²) in [5.74, 6) is 1.51. The maximum Gasteiger partial charge on any atom is 0.251 e. The number of benzene rings is 1. The molecule has 2 aromatic rings. The van der Waals surface area contributed by atoms with Crippen LogP contribution >= 0.6 is 0 Å². The molecule has 1 aliphatic rings. The van der Waals surface area contributed by atoms with E-state index in [-0.39, 0.29) is 17.4 Å². The Labute approximate surface area is 150 Å². The van der Waals surface area contributed by atoms with Crippen LogP contribution in [-0.2, 0) is 11.8 Å². The first-order chi connectivity index (χ1) is 11.9. The van der Waals surface area contributed by atoms with E-state index in [0.717, 1.165) is 30.6 Å². The van der Waals surface area contributed by atoms with Gasteiger partial charge in [-0.05, 0) is 54.0 Å². The Morgan fingerprint density at radius 3 is 2.48 bits per heavy atom. The molecule has 0 spiro atoms. The minimum absolute atomic E-state index is 0.0387. The van der Waals surface area contributed by atoms with E-state index in [1.807, 2.05) is 24.3 Å². The molecule has 134 valence electrons. The Balaban J connectivity index is 1.65. The summed E-state index contributed by atoms with van der Waals surface area (Å²) in [7, 11) is 0. The first-order valence-electron chi connectivity index (χ1n) is 9.37. The summed E-state index contributed by atoms with van der Waals surface area (Å²) in [4.78, 5) is 12.7. The number of amides is 1. The van der Waals surface area contributed by atoms with Gasteiger partial charge in [0, 0.05) is 18.0 Å². The van der Waals surface area contributed by atoms with Crippen molar-refractivity contribution in [1.82, 2.24) is 5.32 Å². The lowest BCUT2D eigenvalue weighted by atomic mass is 9.81. The molecule has 0 radical (unpaired) electrons. The van der Waals surface area contributed by atoms with Gasteiger partial charge in [0.05, 0.1) is 6.26 Å². The summed E-state index contributed by atoms with van der Waals surface area (Å²) in [6.45, 7) is 6.55. The number of hydrogen-bond donors (Lipinski definition) is 1. The van der Waals surface area contributed by atoms with Crippen molar-refractivity contribution in [3.63, 3.8) is 0 Å². The van der Waals surface area contributed by atoms with Gasteiger partial charge in [-0.2, -0.15) is 0 Å². The van der Waals surface area contributed by atoms with Gasteiger partial charge >= 0.3 is 0 Å². The van der Waals surface area contributed by atoms with Crippen LogP contribution in [0.25, 0.3) is 0 Å². The second kappa shape index (κ2) is 7.47. The average Bonchev–Trinajstić information content (AvgIpc) is 3.09. The third-order valence-corrected chi connectivity index (χ3v) is 5.28. The van der Waals surface area contributed by atoms with Crippen LogP contribution < -0.4 is 5.32 Å². The fourth-order valence-corrected chi connectivity index (χ4v) is 3.70. The third kappa shape index (κ3) is 4.53. The highest BCUT2D eigenvalue weighted by Gasteiger charge is 2.27. The molecule has 1 aliphatic carbocycles. The zero-order chi connectivity index (χ0) is 17.9. The zero-order valence-corrected chi connectivity index (χ0v) is 15.5. The predicted molar refractivity (Wildman–Crippen MR) is 101 cm³/mol. The van der Waals surface area contributed by atoms with Crippen molar-refractivity contribution in [1.29, 1.82) is 0 Å². The smallest absolute Gasteiger partial charge is 0.251 e. The monoisotopic (exact) mass is 339 g/mol. The number of carbonyl (C=O) groups is 1. The fourth-order valence-electron chi connectivity index (χ4n) is 3.70. The Bertz CT molecular complexity index is 680. The number of nitrogens with one attached hydrogen (secondary N) is 1. The molecule has 2 atom stereocenters. The largest absolute Gasteiger partial charge is 0.469 e. The fraction of sp³-hybridized carbons (Fsp3) is 0.500. The van der Waals surface area contributed by atoms with Crippen molar-refractivity contribution < 1.29 is 9.21 Å². The second-order valence-electron chi connectivity index (χ2n) is 8.24. The lowest BCUT2D eigenvalue weighted by Gasteiger charge is -2.32. The molecule has 1 amide bonds. The molecular weight excluding hydrogens is 310 g/mol. The second-order valence-corrected chi connectivity index (χ2v) is 8.24. The number of hydrogen-bond acceptors (Lipinski definition) is 2. The quantitative estimate of drug-likeness (QED) is 0.841. The van der Waals surface area contributed by atoms with Crippen LogP contribution in [0, 0.1) is 5.92 Å². The predicted octanol–water partition coefficient (Wildman–Crippen LogP) is 5.11. The lowest BCUT2D eigenvalue weighted by molar-refractivity contribution is 0.0904. The van der Waals surface area contributed by atoms with Crippen LogP contribution in [0.3, 0.4) is 0 Å². The Morgan fingerprint density at radius 1 is 1.12 bits per heavy atom. The molecule has 0 aliphatic heterocycles. The SMILES string of the molecule is CC(C)(C)c1ccc(C(=O)N[C@@H]2CCCC[C@H]2Cc2ccco2)cc1. The van der Waals surface area contributed by atoms with Crippen molar-refractivity contribution in [3.8, 4) is 0 Å². The number of rotatable bonds is 4. The Hall–Kier alpha value is -2.03. The zero-order valence-electron chi connectivity index (χ0n) is 15.5. The van der Waals surface area contributed by atoms with Gasteiger partial charge in [0.15, 0.2) is 0 Å². The summed E-state index contributed by atoms with van der Waals surface area (Å²) < 4.78 is 5.51. The van der Waals surface area contributed by atoms with E-state index in [4.69, 9.17) is 4.42 Å². The summed E-state index contributed by atoms with van der Waals surface area (Å²) in [6, 6.07) is 12.2. The number of furan rings is 1. The van der Waals surface area contributed by atoms with Crippen molar-refractivity contribution in [3.05, 3.63) is 59.5 Å². The van der Waals surface area contributed by atoms with Crippen molar-refractivity contribution in [2.24, 2.45) is 5.92 Å². The van der Waals surface area contributed by atoms with Gasteiger partial charge < -0.3 is 9.73 Å². The Kier molecular flexibility index (Phi) is 5.31. The normalized spacial score (nSPS) is 21.1. The van der Waals surface area contributed by atoms with E-state index in [1.54, 1.807) is 6.26 Å². The first-order valence-corrected chi connectivity index (χ1v) is 9.37. The van der Waals surface area contributed by atoms with E-state index in [1.165, 1.54) is 18.4 Å². The first kappa shape index (κ1) is 17.8. The Morgan fingerprint density at radius 2 is 1.84 bits per heavy atom. The molecule has 0 bridgehead atoms. The van der Waals surface area contributed by atoms with Gasteiger partial charge in [-0.15, -0.1) is 0 Å². The molecule has 25 heavy (non-hydrogen) atoms. The van der Waals surface area contributed by atoms with Crippen LogP contribution in [0.5, 0.6) is 0 Å². The van der Waals surface area contributed by atoms with Crippen LogP contribution in [-0.4, -0.2) is 11.9 Å². The van der Waals surface area contributed by atoms with Gasteiger partial charge in [-0.1, -0.05) is 45.7 Å². The van der Waals surface area contributed by atoms with Gasteiger partial charge in [0.1, 0.15) is 5.76 Å². The lowest BCUT2D eigenvalue weighted by Crippen LogP contribution is -2.42. The maximum atomic E-state index is 12.7. The van der Waals surface area contributed by atoms with E-state index in [2.05, 4.69) is 38.2 Å². The van der Waals surface area contributed by atoms with E-state index in [0.29, 0.717) is 5.92 Å². The molecule has 1 saturated carbocycles. The van der Waals surface area contributed by atoms with Crippen molar-refractivity contribution in [2.45, 2.75) is 64.3 Å². The summed E-state index contributed by atoms with van der Waals surface area (Å²) in [5, 5.41) is 3.28. The molecule has 0 unspecified atom stereocenters. The molecular formula is C22H29NO2. The molecule has 1 aromatic heterocycles. The molecule has 3 nitrogen and oxygen atoms in total. The summed E-state index contributed by atoms with van der Waals surface area (Å²) in [6.07, 6.45) is 7.25. The molecule has 3 rings (SSSR count). The topological polar surface area (TPSA) is 42.2 Å². The van der Waals surface area contributed by atoms with Gasteiger partial charge in [0.25, 0.3) is 5.91 Å². The highest BCUT2D eigenvalue weighted by Crippen LogP contribution is 2.28. The van der Waals surface area contributed by atoms with Crippen LogP contribution in [0.15, 0.2) is 47.1 Å². The minimum Gasteiger partial charge on any atom is -0.469 e. The van der Waals surface area contributed by atoms with Crippen molar-refractivity contribution in [2.75, 3.05) is 0 Å². The van der Waals surface area contributed by atoms with E-state index in [9.17, 15) is 4.79 Å². The van der Waals surface area contributed by atoms with E-state index >= 15 is 0 Å². The van der Waals surface area contributed by atoms with Crippen LogP contribution in [0.4, 0.5) is 0 Å². The minimum atomic E-state index is 0.0387. The van der Waals surface area contributed by atoms with E-state index < -0.39 is 0 Å². The molecule has 1 heterocycles. The highest BCUT2D eigenvalue weighted by atomic mass is 16.3. The molecule has 0 saturated heterocycles. The standard InChI is InChI=1S/C22H29NO2/c1-22(2,3)18-12-10-16(11-13-18)21(24)23-20-9-5-4-7-17(20)15-19-8-6-14-25-19/h6,8,10-14,17,20H,4-5,7,9,15H2,1-3H3,(H,23,24)/t17-,20+/m0/s1. The summed E-state index contributed by atoms with van der Waals surface area (Å²) in [5.41, 5.74) is 2.10. The van der Waals surface area contributed by atoms with Gasteiger partial charge in [-0.3, -0.25) is 4.79 Å². The van der Waals surface area contributed by atoms with Crippen molar-refractivity contribution >= 4 is 5.91 Å². The highest BCUT2D eigenvalue weighted by molar-refractivity contribution is 5.94. The molecule has 1 fully saturated rings. The van der Waals surface area contributed by atoms with Crippen LogP contribution in [0.2, 0.25) is 0 Å². The molecule has 1 N–H and O–H groups in total. The van der Waals surface area contributed by atoms with Crippen LogP contribution in [0.1, 0.15) is 68.1 Å². The third-order valence-electron chi connectivity index (χ3n) is 5.28. The molecule has 3 heteroatoms. The molecule has 1 aromatic carbocycles.